The third-order valence-corrected chi connectivity index (χ3v) is 18.7. The Morgan fingerprint density at radius 1 is 0.727 bits per heavy atom. The van der Waals surface area contributed by atoms with Crippen molar-refractivity contribution < 1.29 is 13.6 Å². The van der Waals surface area contributed by atoms with Crippen LogP contribution in [0.1, 0.15) is 79.4 Å². The molecule has 238 valence electrons. The Kier molecular flexibility index (Phi) is 10.7. The van der Waals surface area contributed by atoms with Crippen LogP contribution in [0.4, 0.5) is 0 Å². The highest BCUT2D eigenvalue weighted by Gasteiger charge is 2.52. The number of hydrogen-bond acceptors (Lipinski definition) is 3. The Morgan fingerprint density at radius 2 is 1.23 bits per heavy atom. The van der Waals surface area contributed by atoms with Crippen molar-refractivity contribution in [2.75, 3.05) is 0 Å². The van der Waals surface area contributed by atoms with Crippen LogP contribution in [0, 0.1) is 6.92 Å². The van der Waals surface area contributed by atoms with E-state index in [4.69, 9.17) is 13.6 Å². The largest absolute Gasteiger partial charge is 0.534 e. The van der Waals surface area contributed by atoms with E-state index in [0.29, 0.717) is 0 Å². The maximum atomic E-state index is 7.55. The molecule has 3 aromatic carbocycles. The normalized spacial score (nSPS) is 14.5. The minimum absolute atomic E-state index is 0.0284. The molecule has 0 aliphatic heterocycles. The van der Waals surface area contributed by atoms with Crippen molar-refractivity contribution in [3.8, 4) is 11.5 Å². The van der Waals surface area contributed by atoms with Crippen LogP contribution in [0.5, 0.6) is 11.5 Å². The smallest absolute Gasteiger partial charge is 0.319 e. The number of hydrogen-bond donors (Lipinski definition) is 0. The summed E-state index contributed by atoms with van der Waals surface area (Å²) in [7, 11) is -4.93. The summed E-state index contributed by atoms with van der Waals surface area (Å²) >= 11 is 0. The lowest BCUT2D eigenvalue weighted by Gasteiger charge is -2.43. The molecule has 0 saturated heterocycles. The molecule has 2 atom stereocenters. The molecule has 3 nitrogen and oxygen atoms in total. The average Bonchev–Trinajstić information content (AvgIpc) is 2.94. The Labute approximate surface area is 270 Å². The minimum atomic E-state index is -2.85. The summed E-state index contributed by atoms with van der Waals surface area (Å²) in [4.78, 5) is 0. The van der Waals surface area contributed by atoms with Gasteiger partial charge >= 0.3 is 8.32 Å². The van der Waals surface area contributed by atoms with Crippen LogP contribution < -0.4 is 19.5 Å². The van der Waals surface area contributed by atoms with E-state index >= 15 is 0 Å². The lowest BCUT2D eigenvalue weighted by molar-refractivity contribution is 0.154. The van der Waals surface area contributed by atoms with Crippen LogP contribution in [-0.4, -0.2) is 28.3 Å². The second-order valence-corrected chi connectivity index (χ2v) is 24.2. The molecule has 0 aliphatic rings. The molecular weight excluding hydrogens is 573 g/mol. The Bertz CT molecular complexity index is 1370. The fraction of sp³-hybridized carbons (Fsp3) is 0.436. The van der Waals surface area contributed by atoms with E-state index in [-0.39, 0.29) is 22.1 Å². The van der Waals surface area contributed by atoms with E-state index in [2.05, 4.69) is 154 Å². The van der Waals surface area contributed by atoms with Gasteiger partial charge in [-0.2, -0.15) is 0 Å². The predicted molar refractivity (Wildman–Crippen MR) is 195 cm³/mol. The van der Waals surface area contributed by atoms with Crippen molar-refractivity contribution in [1.82, 2.24) is 0 Å². The zero-order chi connectivity index (χ0) is 33.1. The van der Waals surface area contributed by atoms with Crippen molar-refractivity contribution >= 4 is 27.0 Å². The summed E-state index contributed by atoms with van der Waals surface area (Å²) in [5.74, 6) is 1.67. The van der Waals surface area contributed by atoms with Gasteiger partial charge in [-0.25, -0.2) is 0 Å². The van der Waals surface area contributed by atoms with Gasteiger partial charge in [-0.15, -0.1) is 6.58 Å². The van der Waals surface area contributed by atoms with Crippen molar-refractivity contribution in [2.24, 2.45) is 0 Å². The molecule has 0 saturated carbocycles. The van der Waals surface area contributed by atoms with Gasteiger partial charge in [0.25, 0.3) is 0 Å². The molecule has 0 fully saturated rings. The monoisotopic (exact) mass is 628 g/mol. The highest BCUT2D eigenvalue weighted by molar-refractivity contribution is 7.00. The van der Waals surface area contributed by atoms with E-state index in [1.165, 1.54) is 10.4 Å². The molecule has 0 heterocycles. The van der Waals surface area contributed by atoms with Crippen LogP contribution in [0.3, 0.4) is 0 Å². The van der Waals surface area contributed by atoms with Crippen molar-refractivity contribution in [2.45, 2.75) is 110 Å². The predicted octanol–water partition coefficient (Wildman–Crippen LogP) is 9.96. The standard InChI is InChI=1S/C39H56O3Si2/c1-15-34(41-43(13,14)37(5,6)7)30(4)33-28-35(29(3)27-36(33)40-39(11,12)16-2)42-44(38(8,9)10,31-23-19-17-20-24-31)32-25-21-18-22-26-32/h15-28,30,34H,1-2H2,3-14H3/t30-,34-/m0/s1. The molecule has 0 spiro atoms. The van der Waals surface area contributed by atoms with Gasteiger partial charge in [0.1, 0.15) is 17.1 Å². The first-order valence-corrected chi connectivity index (χ1v) is 20.7. The Hall–Kier alpha value is -2.87. The van der Waals surface area contributed by atoms with Gasteiger partial charge in [0.15, 0.2) is 8.32 Å². The van der Waals surface area contributed by atoms with Crippen molar-refractivity contribution in [3.05, 3.63) is 109 Å². The zero-order valence-corrected chi connectivity index (χ0v) is 31.4. The molecule has 3 aromatic rings. The summed E-state index contributed by atoms with van der Waals surface area (Å²) in [6, 6.07) is 25.9. The van der Waals surface area contributed by atoms with Crippen LogP contribution in [0.2, 0.25) is 23.2 Å². The lowest BCUT2D eigenvalue weighted by atomic mass is 9.93. The van der Waals surface area contributed by atoms with E-state index < -0.39 is 22.2 Å². The average molecular weight is 629 g/mol. The highest BCUT2D eigenvalue weighted by atomic mass is 28.4. The zero-order valence-electron chi connectivity index (χ0n) is 29.4. The van der Waals surface area contributed by atoms with Gasteiger partial charge in [0.05, 0.1) is 6.10 Å². The van der Waals surface area contributed by atoms with E-state index in [1.807, 2.05) is 26.0 Å². The van der Waals surface area contributed by atoms with Crippen molar-refractivity contribution in [1.29, 1.82) is 0 Å². The van der Waals surface area contributed by atoms with Gasteiger partial charge in [-0.1, -0.05) is 122 Å². The van der Waals surface area contributed by atoms with Crippen LogP contribution in [-0.2, 0) is 4.43 Å². The Balaban J connectivity index is 2.29. The molecule has 0 bridgehead atoms. The second-order valence-electron chi connectivity index (χ2n) is 15.2. The van der Waals surface area contributed by atoms with Crippen LogP contribution >= 0.6 is 0 Å². The van der Waals surface area contributed by atoms with Gasteiger partial charge in [-0.05, 0) is 78.1 Å². The summed E-state index contributed by atoms with van der Waals surface area (Å²) < 4.78 is 21.2. The molecule has 0 aromatic heterocycles. The number of aryl methyl sites for hydroxylation is 1. The SMILES string of the molecule is C=C[C@H](O[Si](C)(C)C(C)(C)C)[C@@H](C)c1cc(O[Si](c2ccccc2)(c2ccccc2)C(C)(C)C)c(C)cc1OC(C)(C)C=C. The van der Waals surface area contributed by atoms with Gasteiger partial charge < -0.3 is 13.6 Å². The van der Waals surface area contributed by atoms with Gasteiger partial charge in [-0.3, -0.25) is 0 Å². The summed E-state index contributed by atoms with van der Waals surface area (Å²) in [6.45, 7) is 35.0. The van der Waals surface area contributed by atoms with E-state index in [9.17, 15) is 0 Å². The first-order valence-electron chi connectivity index (χ1n) is 15.9. The molecule has 0 amide bonds. The summed E-state index contributed by atoms with van der Waals surface area (Å²) in [5, 5.41) is 2.39. The van der Waals surface area contributed by atoms with Crippen LogP contribution in [0.25, 0.3) is 0 Å². The molecule has 0 N–H and O–H groups in total. The third-order valence-electron chi connectivity index (χ3n) is 9.30. The van der Waals surface area contributed by atoms with Crippen LogP contribution in [0.15, 0.2) is 98.1 Å². The second kappa shape index (κ2) is 13.2. The lowest BCUT2D eigenvalue weighted by Crippen LogP contribution is -2.68. The molecule has 0 unspecified atom stereocenters. The van der Waals surface area contributed by atoms with Gasteiger partial charge in [0, 0.05) is 11.5 Å². The number of benzene rings is 3. The molecule has 0 aliphatic carbocycles. The van der Waals surface area contributed by atoms with Gasteiger partial charge in [0.2, 0.25) is 0 Å². The van der Waals surface area contributed by atoms with E-state index in [0.717, 1.165) is 22.6 Å². The first-order chi connectivity index (χ1) is 20.3. The topological polar surface area (TPSA) is 27.7 Å². The summed E-state index contributed by atoms with van der Waals surface area (Å²) in [6.07, 6.45) is 3.62. The maximum absolute atomic E-state index is 7.55. The summed E-state index contributed by atoms with van der Waals surface area (Å²) in [5.41, 5.74) is 1.52. The van der Waals surface area contributed by atoms with Crippen molar-refractivity contribution in [3.63, 3.8) is 0 Å². The molecule has 3 rings (SSSR count). The quantitative estimate of drug-likeness (QED) is 0.148. The maximum Gasteiger partial charge on any atom is 0.319 e. The minimum Gasteiger partial charge on any atom is -0.534 e. The molecule has 44 heavy (non-hydrogen) atoms. The fourth-order valence-electron chi connectivity index (χ4n) is 5.42. The third kappa shape index (κ3) is 7.50. The Morgan fingerprint density at radius 3 is 1.64 bits per heavy atom. The number of rotatable bonds is 12. The number of ether oxygens (including phenoxy) is 1. The fourth-order valence-corrected chi connectivity index (χ4v) is 11.2. The first kappa shape index (κ1) is 35.6. The molecule has 0 radical (unpaired) electrons. The molecule has 5 heteroatoms. The van der Waals surface area contributed by atoms with E-state index in [1.54, 1.807) is 0 Å². The highest BCUT2D eigenvalue weighted by Crippen LogP contribution is 2.44. The molecular formula is C39H56O3Si2.